The Kier molecular flexibility index (Phi) is 4.62. The number of fused-ring (bicyclic) bond motifs is 3. The summed E-state index contributed by atoms with van der Waals surface area (Å²) in [5, 5.41) is 0.125. The molecule has 23 heavy (non-hydrogen) atoms. The van der Waals surface area contributed by atoms with Gasteiger partial charge in [0.05, 0.1) is 0 Å². The summed E-state index contributed by atoms with van der Waals surface area (Å²) in [6.07, 6.45) is -0.298. The zero-order valence-electron chi connectivity index (χ0n) is 13.4. The molecule has 0 N–H and O–H groups in total. The Morgan fingerprint density at radius 2 is 1.65 bits per heavy atom. The van der Waals surface area contributed by atoms with E-state index in [0.29, 0.717) is 13.2 Å². The standard InChI is InChI=1S/C19H21NO2S/c1-13(23)11-20(2)19(21)22-12-18-16-9-5-3-7-14(16)15-8-4-6-10-17(15)18/h3-10,13,18,23H,11-12H2,1-2H3/t13-/m1/s1. The molecule has 2 aromatic rings. The van der Waals surface area contributed by atoms with Crippen LogP contribution in [0.4, 0.5) is 4.79 Å². The lowest BCUT2D eigenvalue weighted by atomic mass is 9.98. The van der Waals surface area contributed by atoms with Crippen LogP contribution in [0, 0.1) is 0 Å². The van der Waals surface area contributed by atoms with Gasteiger partial charge in [-0.05, 0) is 22.3 Å². The fourth-order valence-corrected chi connectivity index (χ4v) is 3.42. The van der Waals surface area contributed by atoms with Crippen molar-refractivity contribution in [2.75, 3.05) is 20.2 Å². The molecule has 0 unspecified atom stereocenters. The Bertz CT molecular complexity index is 669. The number of amides is 1. The number of carbonyl (C=O) groups is 1. The first-order chi connectivity index (χ1) is 11.1. The van der Waals surface area contributed by atoms with Gasteiger partial charge in [0, 0.05) is 24.8 Å². The third-order valence-corrected chi connectivity index (χ3v) is 4.35. The number of nitrogens with zero attached hydrogens (tertiary/aromatic N) is 1. The van der Waals surface area contributed by atoms with Crippen LogP contribution < -0.4 is 0 Å². The highest BCUT2D eigenvalue weighted by Crippen LogP contribution is 2.44. The van der Waals surface area contributed by atoms with Crippen LogP contribution >= 0.6 is 12.6 Å². The van der Waals surface area contributed by atoms with Crippen LogP contribution in [0.2, 0.25) is 0 Å². The molecule has 0 saturated carbocycles. The summed E-state index contributed by atoms with van der Waals surface area (Å²) in [5.74, 6) is 0.105. The summed E-state index contributed by atoms with van der Waals surface area (Å²) in [5.41, 5.74) is 4.93. The molecule has 1 aliphatic carbocycles. The van der Waals surface area contributed by atoms with Gasteiger partial charge >= 0.3 is 6.09 Å². The fraction of sp³-hybridized carbons (Fsp3) is 0.316. The largest absolute Gasteiger partial charge is 0.448 e. The number of hydrogen-bond acceptors (Lipinski definition) is 3. The molecule has 0 radical (unpaired) electrons. The number of thiol groups is 1. The summed E-state index contributed by atoms with van der Waals surface area (Å²) in [6, 6.07) is 16.7. The molecule has 0 bridgehead atoms. The van der Waals surface area contributed by atoms with Crippen LogP contribution in [0.1, 0.15) is 24.0 Å². The van der Waals surface area contributed by atoms with Crippen molar-refractivity contribution < 1.29 is 9.53 Å². The van der Waals surface area contributed by atoms with Gasteiger partial charge in [0.15, 0.2) is 0 Å². The zero-order valence-corrected chi connectivity index (χ0v) is 14.3. The van der Waals surface area contributed by atoms with Gasteiger partial charge in [-0.3, -0.25) is 0 Å². The first-order valence-corrected chi connectivity index (χ1v) is 8.33. The Morgan fingerprint density at radius 3 is 2.17 bits per heavy atom. The average molecular weight is 327 g/mol. The van der Waals surface area contributed by atoms with Gasteiger partial charge < -0.3 is 9.64 Å². The second-order valence-corrected chi connectivity index (χ2v) is 6.92. The molecule has 2 aromatic carbocycles. The van der Waals surface area contributed by atoms with Crippen LogP contribution in [-0.2, 0) is 4.74 Å². The van der Waals surface area contributed by atoms with Crippen molar-refractivity contribution in [3.05, 3.63) is 59.7 Å². The van der Waals surface area contributed by atoms with Crippen LogP contribution in [-0.4, -0.2) is 36.4 Å². The molecule has 0 aromatic heterocycles. The Labute approximate surface area is 142 Å². The van der Waals surface area contributed by atoms with Gasteiger partial charge in [0.1, 0.15) is 6.61 Å². The molecule has 1 atom stereocenters. The SMILES string of the molecule is C[C@@H](S)CN(C)C(=O)OCC1c2ccccc2-c2ccccc21. The molecular formula is C19H21NO2S. The first-order valence-electron chi connectivity index (χ1n) is 7.82. The normalized spacial score (nSPS) is 14.0. The van der Waals surface area contributed by atoms with E-state index in [2.05, 4.69) is 36.9 Å². The monoisotopic (exact) mass is 327 g/mol. The first kappa shape index (κ1) is 15.9. The lowest BCUT2D eigenvalue weighted by Crippen LogP contribution is -2.32. The van der Waals surface area contributed by atoms with E-state index in [1.54, 1.807) is 11.9 Å². The second-order valence-electron chi connectivity index (χ2n) is 6.03. The van der Waals surface area contributed by atoms with Gasteiger partial charge in [0.25, 0.3) is 0 Å². The van der Waals surface area contributed by atoms with Crippen LogP contribution in [0.25, 0.3) is 11.1 Å². The van der Waals surface area contributed by atoms with Gasteiger partial charge in [-0.25, -0.2) is 4.79 Å². The number of rotatable bonds is 4. The highest BCUT2D eigenvalue weighted by atomic mass is 32.1. The van der Waals surface area contributed by atoms with Crippen molar-refractivity contribution in [1.29, 1.82) is 0 Å². The summed E-state index contributed by atoms with van der Waals surface area (Å²) in [4.78, 5) is 13.7. The van der Waals surface area contributed by atoms with Crippen LogP contribution in [0.3, 0.4) is 0 Å². The Morgan fingerprint density at radius 1 is 1.13 bits per heavy atom. The third-order valence-electron chi connectivity index (χ3n) is 4.19. The maximum absolute atomic E-state index is 12.1. The molecule has 0 aliphatic heterocycles. The zero-order chi connectivity index (χ0) is 16.4. The second kappa shape index (κ2) is 6.67. The quantitative estimate of drug-likeness (QED) is 0.854. The van der Waals surface area contributed by atoms with E-state index in [0.717, 1.165) is 0 Å². The van der Waals surface area contributed by atoms with Crippen molar-refractivity contribution >= 4 is 18.7 Å². The van der Waals surface area contributed by atoms with Crippen molar-refractivity contribution in [3.63, 3.8) is 0 Å². The molecule has 0 saturated heterocycles. The van der Waals surface area contributed by atoms with Crippen molar-refractivity contribution in [2.45, 2.75) is 18.1 Å². The minimum Gasteiger partial charge on any atom is -0.448 e. The van der Waals surface area contributed by atoms with Gasteiger partial charge in [0.2, 0.25) is 0 Å². The predicted molar refractivity (Wildman–Crippen MR) is 96.1 cm³/mol. The van der Waals surface area contributed by atoms with Crippen molar-refractivity contribution in [1.82, 2.24) is 4.90 Å². The van der Waals surface area contributed by atoms with E-state index in [-0.39, 0.29) is 17.3 Å². The third kappa shape index (κ3) is 3.22. The van der Waals surface area contributed by atoms with Gasteiger partial charge in [-0.1, -0.05) is 55.5 Å². The number of carbonyl (C=O) groups excluding carboxylic acids is 1. The lowest BCUT2D eigenvalue weighted by Gasteiger charge is -2.20. The van der Waals surface area contributed by atoms with E-state index in [9.17, 15) is 4.79 Å². The molecule has 0 fully saturated rings. The summed E-state index contributed by atoms with van der Waals surface area (Å²) in [6.45, 7) is 2.88. The summed E-state index contributed by atoms with van der Waals surface area (Å²) >= 11 is 4.31. The fourth-order valence-electron chi connectivity index (χ4n) is 3.18. The smallest absolute Gasteiger partial charge is 0.409 e. The Balaban J connectivity index is 1.77. The molecule has 3 nitrogen and oxygen atoms in total. The summed E-state index contributed by atoms with van der Waals surface area (Å²) in [7, 11) is 1.74. The van der Waals surface area contributed by atoms with Gasteiger partial charge in [-0.15, -0.1) is 0 Å². The van der Waals surface area contributed by atoms with E-state index in [1.807, 2.05) is 31.2 Å². The molecule has 0 heterocycles. The average Bonchev–Trinajstić information content (AvgIpc) is 2.86. The van der Waals surface area contributed by atoms with E-state index in [1.165, 1.54) is 22.3 Å². The molecule has 4 heteroatoms. The van der Waals surface area contributed by atoms with E-state index < -0.39 is 0 Å². The molecule has 1 amide bonds. The minimum absolute atomic E-state index is 0.105. The molecule has 0 spiro atoms. The molecule has 120 valence electrons. The number of benzene rings is 2. The minimum atomic E-state index is -0.298. The van der Waals surface area contributed by atoms with Crippen LogP contribution in [0.15, 0.2) is 48.5 Å². The summed E-state index contributed by atoms with van der Waals surface area (Å²) < 4.78 is 5.56. The van der Waals surface area contributed by atoms with Crippen molar-refractivity contribution in [3.8, 4) is 11.1 Å². The Hall–Kier alpha value is -1.94. The lowest BCUT2D eigenvalue weighted by molar-refractivity contribution is 0.109. The van der Waals surface area contributed by atoms with Gasteiger partial charge in [-0.2, -0.15) is 12.6 Å². The highest BCUT2D eigenvalue weighted by Gasteiger charge is 2.29. The highest BCUT2D eigenvalue weighted by molar-refractivity contribution is 7.80. The molecule has 3 rings (SSSR count). The number of ether oxygens (including phenoxy) is 1. The predicted octanol–water partition coefficient (Wildman–Crippen LogP) is 4.19. The maximum Gasteiger partial charge on any atom is 0.409 e. The van der Waals surface area contributed by atoms with E-state index >= 15 is 0 Å². The van der Waals surface area contributed by atoms with E-state index in [4.69, 9.17) is 4.74 Å². The topological polar surface area (TPSA) is 29.5 Å². The molecule has 1 aliphatic rings. The van der Waals surface area contributed by atoms with Crippen molar-refractivity contribution in [2.24, 2.45) is 0 Å². The number of hydrogen-bond donors (Lipinski definition) is 1. The van der Waals surface area contributed by atoms with Crippen LogP contribution in [0.5, 0.6) is 0 Å². The maximum atomic E-state index is 12.1. The molecular weight excluding hydrogens is 306 g/mol.